The molecule has 2 fully saturated rings. The van der Waals surface area contributed by atoms with Crippen LogP contribution in [0.15, 0.2) is 12.3 Å². The maximum absolute atomic E-state index is 13.6. The van der Waals surface area contributed by atoms with Crippen LogP contribution in [0.1, 0.15) is 49.9 Å². The fourth-order valence-corrected chi connectivity index (χ4v) is 5.09. The Hall–Kier alpha value is -2.58. The zero-order valence-corrected chi connectivity index (χ0v) is 19.4. The van der Waals surface area contributed by atoms with Gasteiger partial charge in [-0.05, 0) is 58.6 Å². The van der Waals surface area contributed by atoms with Crippen molar-refractivity contribution < 1.29 is 9.53 Å². The minimum Gasteiger partial charge on any atom is -0.358 e. The van der Waals surface area contributed by atoms with Crippen LogP contribution in [0.4, 0.5) is 11.8 Å². The number of carbonyl (C=O) groups is 1. The number of rotatable bonds is 3. The Morgan fingerprint density at radius 3 is 2.66 bits per heavy atom. The summed E-state index contributed by atoms with van der Waals surface area (Å²) in [5, 5.41) is 3.38. The van der Waals surface area contributed by atoms with Crippen molar-refractivity contribution in [2.45, 2.75) is 58.6 Å². The van der Waals surface area contributed by atoms with Gasteiger partial charge in [0, 0.05) is 55.8 Å². The number of anilines is 2. The van der Waals surface area contributed by atoms with Gasteiger partial charge in [-0.15, -0.1) is 0 Å². The molecule has 2 saturated heterocycles. The predicted octanol–water partition coefficient (Wildman–Crippen LogP) is 2.72. The quantitative estimate of drug-likeness (QED) is 0.792. The van der Waals surface area contributed by atoms with E-state index >= 15 is 0 Å². The molecule has 1 atom stereocenters. The summed E-state index contributed by atoms with van der Waals surface area (Å²) >= 11 is 0. The molecule has 0 aliphatic carbocycles. The van der Waals surface area contributed by atoms with E-state index in [-0.39, 0.29) is 12.1 Å². The molecule has 2 aromatic rings. The third kappa shape index (κ3) is 3.46. The van der Waals surface area contributed by atoms with Crippen LogP contribution in [0.25, 0.3) is 11.3 Å². The van der Waals surface area contributed by atoms with Crippen LogP contribution in [0, 0.1) is 13.8 Å². The van der Waals surface area contributed by atoms with Gasteiger partial charge in [0.1, 0.15) is 12.0 Å². The summed E-state index contributed by atoms with van der Waals surface area (Å²) < 4.78 is 6.00. The van der Waals surface area contributed by atoms with Gasteiger partial charge >= 0.3 is 0 Å². The minimum atomic E-state index is -0.710. The van der Waals surface area contributed by atoms with Crippen LogP contribution < -0.4 is 15.1 Å². The second-order valence-electron chi connectivity index (χ2n) is 9.57. The molecular weight excluding hydrogens is 404 g/mol. The Morgan fingerprint density at radius 2 is 1.94 bits per heavy atom. The lowest BCUT2D eigenvalue weighted by Gasteiger charge is -2.31. The average Bonchev–Trinajstić information content (AvgIpc) is 3.00. The molecule has 8 nitrogen and oxygen atoms in total. The fourth-order valence-electron chi connectivity index (χ4n) is 5.09. The Bertz CT molecular complexity index is 1040. The van der Waals surface area contributed by atoms with Crippen molar-refractivity contribution in [2.75, 3.05) is 42.6 Å². The molecule has 0 bridgehead atoms. The number of nitrogens with zero attached hydrogens (tertiary/aromatic N) is 5. The highest BCUT2D eigenvalue weighted by Gasteiger charge is 2.50. The first-order chi connectivity index (χ1) is 15.4. The van der Waals surface area contributed by atoms with Crippen molar-refractivity contribution in [1.82, 2.24) is 20.3 Å². The van der Waals surface area contributed by atoms with Crippen molar-refractivity contribution in [3.8, 4) is 11.3 Å². The third-order valence-electron chi connectivity index (χ3n) is 6.80. The fraction of sp³-hybridized carbons (Fsp3) is 0.583. The third-order valence-corrected chi connectivity index (χ3v) is 6.80. The maximum Gasteiger partial charge on any atom is 0.240 e. The van der Waals surface area contributed by atoms with Crippen molar-refractivity contribution in [2.24, 2.45) is 0 Å². The Kier molecular flexibility index (Phi) is 5.37. The number of aromatic nitrogens is 3. The number of aryl methyl sites for hydroxylation is 2. The highest BCUT2D eigenvalue weighted by Crippen LogP contribution is 2.48. The molecule has 1 N–H and O–H groups in total. The highest BCUT2D eigenvalue weighted by atomic mass is 16.5. The molecule has 0 radical (unpaired) electrons. The van der Waals surface area contributed by atoms with Gasteiger partial charge in [-0.25, -0.2) is 15.0 Å². The van der Waals surface area contributed by atoms with Gasteiger partial charge in [-0.3, -0.25) is 9.69 Å². The first-order valence-corrected chi connectivity index (χ1v) is 11.6. The molecule has 5 rings (SSSR count). The highest BCUT2D eigenvalue weighted by molar-refractivity contribution is 6.09. The number of hydrogen-bond acceptors (Lipinski definition) is 7. The molecule has 3 aliphatic rings. The number of amides is 1. The summed E-state index contributed by atoms with van der Waals surface area (Å²) in [6, 6.07) is 2.02. The normalized spacial score (nSPS) is 22.9. The van der Waals surface area contributed by atoms with E-state index in [4.69, 9.17) is 19.7 Å². The predicted molar refractivity (Wildman–Crippen MR) is 124 cm³/mol. The topological polar surface area (TPSA) is 83.5 Å². The van der Waals surface area contributed by atoms with Crippen molar-refractivity contribution >= 4 is 17.7 Å². The molecule has 0 spiro atoms. The summed E-state index contributed by atoms with van der Waals surface area (Å²) in [6.45, 7) is 12.3. The van der Waals surface area contributed by atoms with E-state index in [0.717, 1.165) is 79.5 Å². The molecule has 2 aromatic heterocycles. The zero-order chi connectivity index (χ0) is 22.5. The smallest absolute Gasteiger partial charge is 0.240 e. The standard InChI is InChI=1S/C24H32N6O2/c1-15-14-26-21-20(24(3,4)22(31)30(21)18-7-5-6-12-32-18)19(15)17-13-16(2)27-23(28-17)29-10-8-25-9-11-29/h13-14,18,25H,5-12H2,1-4H3. The van der Waals surface area contributed by atoms with Crippen LogP contribution in [0.3, 0.4) is 0 Å². The van der Waals surface area contributed by atoms with Gasteiger partial charge in [0.05, 0.1) is 11.1 Å². The monoisotopic (exact) mass is 436 g/mol. The lowest BCUT2D eigenvalue weighted by molar-refractivity contribution is -0.125. The molecule has 0 aromatic carbocycles. The number of hydrogen-bond donors (Lipinski definition) is 1. The Balaban J connectivity index is 1.65. The van der Waals surface area contributed by atoms with Gasteiger partial charge in [0.15, 0.2) is 0 Å². The molecule has 0 saturated carbocycles. The Morgan fingerprint density at radius 1 is 1.16 bits per heavy atom. The van der Waals surface area contributed by atoms with Gasteiger partial charge in [-0.2, -0.15) is 0 Å². The second-order valence-corrected chi connectivity index (χ2v) is 9.57. The average molecular weight is 437 g/mol. The van der Waals surface area contributed by atoms with Crippen LogP contribution in [0.2, 0.25) is 0 Å². The molecule has 32 heavy (non-hydrogen) atoms. The van der Waals surface area contributed by atoms with Crippen LogP contribution in [-0.2, 0) is 14.9 Å². The number of pyridine rings is 1. The number of carbonyl (C=O) groups excluding carboxylic acids is 1. The number of piperazine rings is 1. The van der Waals surface area contributed by atoms with Gasteiger partial charge in [-0.1, -0.05) is 0 Å². The molecule has 3 aliphatic heterocycles. The molecule has 1 amide bonds. The van der Waals surface area contributed by atoms with E-state index in [9.17, 15) is 4.79 Å². The van der Waals surface area contributed by atoms with E-state index in [2.05, 4.69) is 10.2 Å². The first-order valence-electron chi connectivity index (χ1n) is 11.6. The van der Waals surface area contributed by atoms with Gasteiger partial charge in [0.2, 0.25) is 11.9 Å². The maximum atomic E-state index is 13.6. The van der Waals surface area contributed by atoms with Crippen LogP contribution in [0.5, 0.6) is 0 Å². The number of nitrogens with one attached hydrogen (secondary N) is 1. The lowest BCUT2D eigenvalue weighted by Crippen LogP contribution is -2.45. The van der Waals surface area contributed by atoms with Crippen LogP contribution in [-0.4, -0.2) is 59.9 Å². The van der Waals surface area contributed by atoms with Crippen molar-refractivity contribution in [3.63, 3.8) is 0 Å². The van der Waals surface area contributed by atoms with E-state index < -0.39 is 5.41 Å². The summed E-state index contributed by atoms with van der Waals surface area (Å²) in [5.74, 6) is 1.51. The molecule has 1 unspecified atom stereocenters. The van der Waals surface area contributed by atoms with Crippen molar-refractivity contribution in [3.05, 3.63) is 29.1 Å². The summed E-state index contributed by atoms with van der Waals surface area (Å²) in [5.41, 5.74) is 4.02. The first kappa shape index (κ1) is 21.3. The lowest BCUT2D eigenvalue weighted by atomic mass is 9.82. The zero-order valence-electron chi connectivity index (χ0n) is 19.4. The van der Waals surface area contributed by atoms with E-state index in [1.807, 2.05) is 40.0 Å². The van der Waals surface area contributed by atoms with Gasteiger partial charge in [0.25, 0.3) is 0 Å². The summed E-state index contributed by atoms with van der Waals surface area (Å²) in [4.78, 5) is 32.1. The largest absolute Gasteiger partial charge is 0.358 e. The van der Waals surface area contributed by atoms with Crippen molar-refractivity contribution in [1.29, 1.82) is 0 Å². The summed E-state index contributed by atoms with van der Waals surface area (Å²) in [6.07, 6.45) is 4.55. The van der Waals surface area contributed by atoms with E-state index in [1.54, 1.807) is 4.90 Å². The molecule has 8 heteroatoms. The number of ether oxygens (including phenoxy) is 1. The summed E-state index contributed by atoms with van der Waals surface area (Å²) in [7, 11) is 0. The second kappa shape index (κ2) is 8.08. The minimum absolute atomic E-state index is 0.0480. The van der Waals surface area contributed by atoms with Gasteiger partial charge < -0.3 is 15.0 Å². The van der Waals surface area contributed by atoms with Crippen LogP contribution >= 0.6 is 0 Å². The Labute approximate surface area is 189 Å². The van der Waals surface area contributed by atoms with E-state index in [0.29, 0.717) is 12.4 Å². The molecule has 5 heterocycles. The molecular formula is C24H32N6O2. The SMILES string of the molecule is Cc1cc(-c2c(C)cnc3c2C(C)(C)C(=O)N3C2CCCCO2)nc(N2CCNCC2)n1. The number of fused-ring (bicyclic) bond motifs is 1. The molecule has 170 valence electrons. The van der Waals surface area contributed by atoms with E-state index in [1.165, 1.54) is 0 Å².